The van der Waals surface area contributed by atoms with Gasteiger partial charge >= 0.3 is 0 Å². The Balaban J connectivity index is 0.00000162. The predicted molar refractivity (Wildman–Crippen MR) is 77.7 cm³/mol. The molecule has 0 saturated carbocycles. The van der Waals surface area contributed by atoms with E-state index in [4.69, 9.17) is 11.6 Å². The van der Waals surface area contributed by atoms with Crippen LogP contribution in [0.3, 0.4) is 0 Å². The Morgan fingerprint density at radius 2 is 2.28 bits per heavy atom. The van der Waals surface area contributed by atoms with Crippen molar-refractivity contribution in [2.24, 2.45) is 5.92 Å². The minimum Gasteiger partial charge on any atom is -0.326 e. The Bertz CT molecular complexity index is 417. The minimum absolute atomic E-state index is 0. The lowest BCUT2D eigenvalue weighted by molar-refractivity contribution is -0.120. The van der Waals surface area contributed by atoms with Crippen molar-refractivity contribution in [3.8, 4) is 0 Å². The molecule has 0 aromatic heterocycles. The molecule has 1 aromatic rings. The summed E-state index contributed by atoms with van der Waals surface area (Å²) in [7, 11) is 0. The zero-order chi connectivity index (χ0) is 12.3. The summed E-state index contributed by atoms with van der Waals surface area (Å²) in [5, 5.41) is 6.88. The zero-order valence-corrected chi connectivity index (χ0v) is 11.9. The second-order valence-corrected chi connectivity index (χ2v) is 4.85. The molecule has 1 saturated heterocycles. The minimum atomic E-state index is 0. The second-order valence-electron chi connectivity index (χ2n) is 4.44. The van der Waals surface area contributed by atoms with Crippen LogP contribution >= 0.6 is 24.0 Å². The molecule has 1 aliphatic heterocycles. The summed E-state index contributed by atoms with van der Waals surface area (Å²) < 4.78 is 0. The smallest absolute Gasteiger partial charge is 0.228 e. The normalized spacial score (nSPS) is 18.9. The molecule has 1 aromatic carbocycles. The fourth-order valence-electron chi connectivity index (χ4n) is 2.05. The molecule has 0 radical (unpaired) electrons. The average Bonchev–Trinajstić information content (AvgIpc) is 2.36. The lowest BCUT2D eigenvalue weighted by atomic mass is 9.98. The van der Waals surface area contributed by atoms with Crippen LogP contribution < -0.4 is 10.6 Å². The van der Waals surface area contributed by atoms with Gasteiger partial charge in [-0.2, -0.15) is 0 Å². The van der Waals surface area contributed by atoms with Crippen molar-refractivity contribution < 1.29 is 4.79 Å². The van der Waals surface area contributed by atoms with Gasteiger partial charge < -0.3 is 10.6 Å². The molecule has 2 rings (SSSR count). The summed E-state index contributed by atoms with van der Waals surface area (Å²) in [4.78, 5) is 12.0. The van der Waals surface area contributed by atoms with Gasteiger partial charge in [0.15, 0.2) is 0 Å². The topological polar surface area (TPSA) is 41.1 Å². The number of benzene rings is 1. The first-order chi connectivity index (χ1) is 8.18. The number of rotatable bonds is 2. The third-order valence-corrected chi connectivity index (χ3v) is 3.60. The van der Waals surface area contributed by atoms with E-state index in [0.717, 1.165) is 37.2 Å². The highest BCUT2D eigenvalue weighted by atomic mass is 35.5. The van der Waals surface area contributed by atoms with Crippen LogP contribution in [0.5, 0.6) is 0 Å². The maximum Gasteiger partial charge on any atom is 0.228 e. The maximum absolute atomic E-state index is 12.0. The molecule has 1 atom stereocenters. The molecule has 1 fully saturated rings. The Kier molecular flexibility index (Phi) is 5.93. The Morgan fingerprint density at radius 1 is 1.50 bits per heavy atom. The van der Waals surface area contributed by atoms with E-state index in [1.807, 2.05) is 25.1 Å². The van der Waals surface area contributed by atoms with Gasteiger partial charge in [-0.05, 0) is 44.0 Å². The monoisotopic (exact) mass is 288 g/mol. The molecule has 1 amide bonds. The van der Waals surface area contributed by atoms with E-state index in [9.17, 15) is 4.79 Å². The van der Waals surface area contributed by atoms with Crippen molar-refractivity contribution in [3.05, 3.63) is 28.8 Å². The highest BCUT2D eigenvalue weighted by molar-refractivity contribution is 6.31. The van der Waals surface area contributed by atoms with Crippen molar-refractivity contribution >= 4 is 35.6 Å². The lowest BCUT2D eigenvalue weighted by Crippen LogP contribution is -2.37. The van der Waals surface area contributed by atoms with E-state index < -0.39 is 0 Å². The summed E-state index contributed by atoms with van der Waals surface area (Å²) in [6.45, 7) is 3.70. The quantitative estimate of drug-likeness (QED) is 0.878. The van der Waals surface area contributed by atoms with E-state index in [0.29, 0.717) is 5.02 Å². The summed E-state index contributed by atoms with van der Waals surface area (Å²) in [5.74, 6) is 0.157. The number of carbonyl (C=O) groups is 1. The number of amides is 1. The number of hydrogen-bond donors (Lipinski definition) is 2. The van der Waals surface area contributed by atoms with Gasteiger partial charge in [-0.25, -0.2) is 0 Å². The molecular weight excluding hydrogens is 271 g/mol. The first kappa shape index (κ1) is 15.3. The lowest BCUT2D eigenvalue weighted by Gasteiger charge is -2.22. The van der Waals surface area contributed by atoms with Gasteiger partial charge in [0.1, 0.15) is 0 Å². The number of anilines is 1. The molecule has 1 heterocycles. The highest BCUT2D eigenvalue weighted by Gasteiger charge is 2.21. The van der Waals surface area contributed by atoms with Crippen LogP contribution in [0.4, 0.5) is 5.69 Å². The molecule has 18 heavy (non-hydrogen) atoms. The van der Waals surface area contributed by atoms with Crippen LogP contribution in [-0.2, 0) is 4.79 Å². The number of carbonyl (C=O) groups excluding carboxylic acids is 1. The third kappa shape index (κ3) is 3.61. The van der Waals surface area contributed by atoms with Crippen molar-refractivity contribution in [1.82, 2.24) is 5.32 Å². The first-order valence-corrected chi connectivity index (χ1v) is 6.33. The average molecular weight is 289 g/mol. The maximum atomic E-state index is 12.0. The fourth-order valence-corrected chi connectivity index (χ4v) is 2.23. The molecule has 1 aliphatic rings. The van der Waals surface area contributed by atoms with Crippen LogP contribution in [0, 0.1) is 12.8 Å². The zero-order valence-electron chi connectivity index (χ0n) is 10.3. The number of halogens is 2. The molecule has 5 heteroatoms. The third-order valence-electron chi connectivity index (χ3n) is 3.19. The van der Waals surface area contributed by atoms with Gasteiger partial charge in [0.05, 0.1) is 5.92 Å². The van der Waals surface area contributed by atoms with Gasteiger partial charge in [-0.1, -0.05) is 17.7 Å². The van der Waals surface area contributed by atoms with E-state index in [1.54, 1.807) is 0 Å². The van der Waals surface area contributed by atoms with Gasteiger partial charge in [-0.3, -0.25) is 4.79 Å². The van der Waals surface area contributed by atoms with Crippen LogP contribution in [0.1, 0.15) is 18.4 Å². The Labute approximate surface area is 119 Å². The van der Waals surface area contributed by atoms with Crippen LogP contribution in [0.15, 0.2) is 18.2 Å². The van der Waals surface area contributed by atoms with Crippen molar-refractivity contribution in [3.63, 3.8) is 0 Å². The van der Waals surface area contributed by atoms with Crippen LogP contribution in [-0.4, -0.2) is 19.0 Å². The summed E-state index contributed by atoms with van der Waals surface area (Å²) >= 11 is 6.02. The molecule has 0 bridgehead atoms. The first-order valence-electron chi connectivity index (χ1n) is 5.95. The van der Waals surface area contributed by atoms with E-state index in [1.165, 1.54) is 0 Å². The molecular formula is C13H18Cl2N2O. The van der Waals surface area contributed by atoms with E-state index >= 15 is 0 Å². The number of hydrogen-bond acceptors (Lipinski definition) is 2. The Morgan fingerprint density at radius 3 is 2.94 bits per heavy atom. The SMILES string of the molecule is Cc1c(Cl)cccc1NC(=O)C1CCCNC1.Cl. The van der Waals surface area contributed by atoms with Crippen LogP contribution in [0.2, 0.25) is 5.02 Å². The molecule has 100 valence electrons. The molecule has 1 unspecified atom stereocenters. The predicted octanol–water partition coefficient (Wildman–Crippen LogP) is 3.01. The van der Waals surface area contributed by atoms with Crippen molar-refractivity contribution in [2.75, 3.05) is 18.4 Å². The van der Waals surface area contributed by atoms with Crippen molar-refractivity contribution in [1.29, 1.82) is 0 Å². The number of nitrogens with one attached hydrogen (secondary N) is 2. The molecule has 0 aliphatic carbocycles. The fraction of sp³-hybridized carbons (Fsp3) is 0.462. The van der Waals surface area contributed by atoms with Gasteiger partial charge in [0, 0.05) is 17.3 Å². The standard InChI is InChI=1S/C13H17ClN2O.ClH/c1-9-11(14)5-2-6-12(9)16-13(17)10-4-3-7-15-8-10;/h2,5-6,10,15H,3-4,7-8H2,1H3,(H,16,17);1H. The molecule has 0 spiro atoms. The van der Waals surface area contributed by atoms with E-state index in [2.05, 4.69) is 10.6 Å². The molecule has 3 nitrogen and oxygen atoms in total. The van der Waals surface area contributed by atoms with E-state index in [-0.39, 0.29) is 24.2 Å². The summed E-state index contributed by atoms with van der Waals surface area (Å²) in [6.07, 6.45) is 2.02. The Hall–Kier alpha value is -0.770. The number of piperidine rings is 1. The van der Waals surface area contributed by atoms with Gasteiger partial charge in [-0.15, -0.1) is 12.4 Å². The van der Waals surface area contributed by atoms with Gasteiger partial charge in [0.2, 0.25) is 5.91 Å². The summed E-state index contributed by atoms with van der Waals surface area (Å²) in [6, 6.07) is 5.56. The second kappa shape index (κ2) is 6.98. The molecule has 2 N–H and O–H groups in total. The van der Waals surface area contributed by atoms with Crippen LogP contribution in [0.25, 0.3) is 0 Å². The highest BCUT2D eigenvalue weighted by Crippen LogP contribution is 2.24. The summed E-state index contributed by atoms with van der Waals surface area (Å²) in [5.41, 5.74) is 1.74. The van der Waals surface area contributed by atoms with Crippen molar-refractivity contribution in [2.45, 2.75) is 19.8 Å². The van der Waals surface area contributed by atoms with Gasteiger partial charge in [0.25, 0.3) is 0 Å². The largest absolute Gasteiger partial charge is 0.326 e.